The monoisotopic (exact) mass is 463 g/mol. The third kappa shape index (κ3) is 5.68. The first kappa shape index (κ1) is 23.2. The second-order valence-corrected chi connectivity index (χ2v) is 10.0. The summed E-state index contributed by atoms with van der Waals surface area (Å²) in [5, 5.41) is 0. The first-order chi connectivity index (χ1) is 15.9. The zero-order chi connectivity index (χ0) is 23.3. The molecule has 1 N–H and O–H groups in total. The number of nitrogens with zero attached hydrogens (tertiary/aromatic N) is 2. The fourth-order valence-corrected chi connectivity index (χ4v) is 5.16. The Hall–Kier alpha value is -3.00. The highest BCUT2D eigenvalue weighted by atomic mass is 32.2. The molecule has 0 radical (unpaired) electrons. The lowest BCUT2D eigenvalue weighted by Gasteiger charge is -2.39. The molecule has 0 saturated carbocycles. The lowest BCUT2D eigenvalue weighted by Crippen LogP contribution is -2.52. The molecule has 1 saturated heterocycles. The number of amides is 1. The van der Waals surface area contributed by atoms with E-state index in [9.17, 15) is 13.2 Å². The summed E-state index contributed by atoms with van der Waals surface area (Å²) in [6.45, 7) is 4.20. The molecule has 1 amide bonds. The molecule has 33 heavy (non-hydrogen) atoms. The van der Waals surface area contributed by atoms with Gasteiger partial charge in [0.25, 0.3) is 0 Å². The van der Waals surface area contributed by atoms with Crippen LogP contribution in [0, 0.1) is 6.92 Å². The number of carbonyl (C=O) groups excluding carboxylic acids is 1. The molecule has 3 aromatic rings. The standard InChI is InChI=1S/C26H29N3O3S/c1-21-12-14-24(15-13-21)33(31,32)27-20-25(30)28-16-18-29(19-17-28)26(22-8-4-2-5-9-22)23-10-6-3-7-11-23/h2-15,26-27H,16-20H2,1H3. The van der Waals surface area contributed by atoms with Gasteiger partial charge in [-0.1, -0.05) is 78.4 Å². The number of hydrogen-bond acceptors (Lipinski definition) is 4. The Balaban J connectivity index is 1.38. The molecule has 1 fully saturated rings. The van der Waals surface area contributed by atoms with E-state index in [1.165, 1.54) is 11.1 Å². The van der Waals surface area contributed by atoms with E-state index in [4.69, 9.17) is 0 Å². The van der Waals surface area contributed by atoms with Gasteiger partial charge in [0, 0.05) is 26.2 Å². The molecular weight excluding hydrogens is 434 g/mol. The van der Waals surface area contributed by atoms with Gasteiger partial charge < -0.3 is 4.90 Å². The Morgan fingerprint density at radius 1 is 0.818 bits per heavy atom. The number of rotatable bonds is 7. The van der Waals surface area contributed by atoms with Crippen molar-refractivity contribution in [2.45, 2.75) is 17.9 Å². The minimum atomic E-state index is -3.71. The van der Waals surface area contributed by atoms with Crippen molar-refractivity contribution in [3.63, 3.8) is 0 Å². The largest absolute Gasteiger partial charge is 0.339 e. The molecule has 0 aromatic heterocycles. The zero-order valence-electron chi connectivity index (χ0n) is 18.7. The molecular formula is C26H29N3O3S. The fraction of sp³-hybridized carbons (Fsp3) is 0.269. The van der Waals surface area contributed by atoms with Crippen LogP contribution < -0.4 is 4.72 Å². The smallest absolute Gasteiger partial charge is 0.241 e. The molecule has 1 heterocycles. The number of benzene rings is 3. The number of hydrogen-bond donors (Lipinski definition) is 1. The number of carbonyl (C=O) groups is 1. The summed E-state index contributed by atoms with van der Waals surface area (Å²) in [4.78, 5) is 17.0. The zero-order valence-corrected chi connectivity index (χ0v) is 19.5. The average molecular weight is 464 g/mol. The molecule has 0 atom stereocenters. The normalized spacial score (nSPS) is 15.0. The van der Waals surface area contributed by atoms with Crippen molar-refractivity contribution < 1.29 is 13.2 Å². The molecule has 0 unspecified atom stereocenters. The summed E-state index contributed by atoms with van der Waals surface area (Å²) in [6, 6.07) is 27.4. The molecule has 1 aliphatic heterocycles. The summed E-state index contributed by atoms with van der Waals surface area (Å²) >= 11 is 0. The molecule has 4 rings (SSSR count). The third-order valence-electron chi connectivity index (χ3n) is 6.01. The predicted molar refractivity (Wildman–Crippen MR) is 129 cm³/mol. The quantitative estimate of drug-likeness (QED) is 0.584. The maximum absolute atomic E-state index is 12.7. The Kier molecular flexibility index (Phi) is 7.23. The number of piperazine rings is 1. The van der Waals surface area contributed by atoms with Gasteiger partial charge in [-0.2, -0.15) is 0 Å². The first-order valence-corrected chi connectivity index (χ1v) is 12.6. The van der Waals surface area contributed by atoms with Crippen LogP contribution in [-0.4, -0.2) is 56.8 Å². The van der Waals surface area contributed by atoms with E-state index in [1.807, 2.05) is 43.3 Å². The highest BCUT2D eigenvalue weighted by molar-refractivity contribution is 7.89. The van der Waals surface area contributed by atoms with Crippen molar-refractivity contribution in [2.75, 3.05) is 32.7 Å². The van der Waals surface area contributed by atoms with E-state index in [-0.39, 0.29) is 23.4 Å². The molecule has 7 heteroatoms. The van der Waals surface area contributed by atoms with Gasteiger partial charge in [-0.3, -0.25) is 9.69 Å². The van der Waals surface area contributed by atoms with Crippen LogP contribution in [0.5, 0.6) is 0 Å². The number of sulfonamides is 1. The van der Waals surface area contributed by atoms with Gasteiger partial charge in [0.2, 0.25) is 15.9 Å². The van der Waals surface area contributed by atoms with Gasteiger partial charge in [-0.05, 0) is 30.2 Å². The second-order valence-electron chi connectivity index (χ2n) is 8.28. The average Bonchev–Trinajstić information content (AvgIpc) is 2.85. The van der Waals surface area contributed by atoms with Crippen LogP contribution in [0.25, 0.3) is 0 Å². The van der Waals surface area contributed by atoms with Crippen molar-refractivity contribution >= 4 is 15.9 Å². The number of nitrogens with one attached hydrogen (secondary N) is 1. The van der Waals surface area contributed by atoms with Gasteiger partial charge >= 0.3 is 0 Å². The van der Waals surface area contributed by atoms with Gasteiger partial charge in [0.15, 0.2) is 0 Å². The van der Waals surface area contributed by atoms with Crippen molar-refractivity contribution in [3.05, 3.63) is 102 Å². The minimum absolute atomic E-state index is 0.115. The lowest BCUT2D eigenvalue weighted by molar-refractivity contribution is -0.131. The SMILES string of the molecule is Cc1ccc(S(=O)(=O)NCC(=O)N2CCN(C(c3ccccc3)c3ccccc3)CC2)cc1. The topological polar surface area (TPSA) is 69.7 Å². The predicted octanol–water partition coefficient (Wildman–Crippen LogP) is 3.21. The highest BCUT2D eigenvalue weighted by Gasteiger charge is 2.28. The fourth-order valence-electron chi connectivity index (χ4n) is 4.18. The van der Waals surface area contributed by atoms with Crippen LogP contribution in [0.15, 0.2) is 89.8 Å². The maximum Gasteiger partial charge on any atom is 0.241 e. The maximum atomic E-state index is 12.7. The van der Waals surface area contributed by atoms with Crippen molar-refractivity contribution in [2.24, 2.45) is 0 Å². The Bertz CT molecular complexity index is 1120. The van der Waals surface area contributed by atoms with E-state index in [0.717, 1.165) is 5.56 Å². The summed E-state index contributed by atoms with van der Waals surface area (Å²) in [7, 11) is -3.71. The van der Waals surface area contributed by atoms with Gasteiger partial charge in [0.05, 0.1) is 17.5 Å². The Morgan fingerprint density at radius 3 is 1.85 bits per heavy atom. The van der Waals surface area contributed by atoms with Crippen LogP contribution in [0.4, 0.5) is 0 Å². The summed E-state index contributed by atoms with van der Waals surface area (Å²) in [5.74, 6) is -0.207. The second kappa shape index (κ2) is 10.3. The molecule has 0 aliphatic carbocycles. The number of aryl methyl sites for hydroxylation is 1. The van der Waals surface area contributed by atoms with Crippen molar-refractivity contribution in [1.29, 1.82) is 0 Å². The van der Waals surface area contributed by atoms with Crippen LogP contribution in [0.1, 0.15) is 22.7 Å². The van der Waals surface area contributed by atoms with Crippen molar-refractivity contribution in [1.82, 2.24) is 14.5 Å². The van der Waals surface area contributed by atoms with Gasteiger partial charge in [0.1, 0.15) is 0 Å². The highest BCUT2D eigenvalue weighted by Crippen LogP contribution is 2.29. The molecule has 3 aromatic carbocycles. The van der Waals surface area contributed by atoms with E-state index in [2.05, 4.69) is 33.9 Å². The summed E-state index contributed by atoms with van der Waals surface area (Å²) < 4.78 is 27.4. The summed E-state index contributed by atoms with van der Waals surface area (Å²) in [5.41, 5.74) is 3.41. The van der Waals surface area contributed by atoms with E-state index in [0.29, 0.717) is 26.2 Å². The van der Waals surface area contributed by atoms with Crippen molar-refractivity contribution in [3.8, 4) is 0 Å². The van der Waals surface area contributed by atoms with E-state index >= 15 is 0 Å². The molecule has 6 nitrogen and oxygen atoms in total. The van der Waals surface area contributed by atoms with Crippen LogP contribution >= 0.6 is 0 Å². The third-order valence-corrected chi connectivity index (χ3v) is 7.42. The minimum Gasteiger partial charge on any atom is -0.339 e. The molecule has 0 bridgehead atoms. The Labute approximate surface area is 195 Å². The summed E-state index contributed by atoms with van der Waals surface area (Å²) in [6.07, 6.45) is 0. The van der Waals surface area contributed by atoms with E-state index < -0.39 is 10.0 Å². The van der Waals surface area contributed by atoms with Crippen LogP contribution in [0.2, 0.25) is 0 Å². The lowest BCUT2D eigenvalue weighted by atomic mass is 9.96. The first-order valence-electron chi connectivity index (χ1n) is 11.1. The van der Waals surface area contributed by atoms with E-state index in [1.54, 1.807) is 29.2 Å². The molecule has 1 aliphatic rings. The molecule has 0 spiro atoms. The van der Waals surface area contributed by atoms with Crippen LogP contribution in [0.3, 0.4) is 0 Å². The van der Waals surface area contributed by atoms with Gasteiger partial charge in [-0.15, -0.1) is 0 Å². The molecule has 172 valence electrons. The van der Waals surface area contributed by atoms with Crippen LogP contribution in [-0.2, 0) is 14.8 Å². The van der Waals surface area contributed by atoms with Gasteiger partial charge in [-0.25, -0.2) is 13.1 Å². The Morgan fingerprint density at radius 2 is 1.33 bits per heavy atom.